The lowest BCUT2D eigenvalue weighted by Crippen LogP contribution is -2.28. The van der Waals surface area contributed by atoms with E-state index in [-0.39, 0.29) is 0 Å². The quantitative estimate of drug-likeness (QED) is 0.909. The summed E-state index contributed by atoms with van der Waals surface area (Å²) in [7, 11) is 2.14. The van der Waals surface area contributed by atoms with Crippen LogP contribution >= 0.6 is 0 Å². The van der Waals surface area contributed by atoms with Gasteiger partial charge in [0.1, 0.15) is 5.78 Å². The number of likely N-dealkylation sites (tertiary alicyclic amines) is 1. The van der Waals surface area contributed by atoms with Gasteiger partial charge in [-0.1, -0.05) is 18.2 Å². The molecule has 0 aromatic heterocycles. The predicted molar refractivity (Wildman–Crippen MR) is 80.8 cm³/mol. The molecule has 1 unspecified atom stereocenters. The number of carbonyl (C=O) groups is 1. The van der Waals surface area contributed by atoms with Crippen molar-refractivity contribution in [1.29, 1.82) is 0 Å². The van der Waals surface area contributed by atoms with E-state index in [1.807, 2.05) is 0 Å². The Balaban J connectivity index is 1.67. The van der Waals surface area contributed by atoms with Crippen LogP contribution in [0.15, 0.2) is 18.2 Å². The molecule has 2 heterocycles. The highest BCUT2D eigenvalue weighted by molar-refractivity contribution is 5.82. The maximum Gasteiger partial charge on any atom is 0.138 e. The van der Waals surface area contributed by atoms with Crippen molar-refractivity contribution in [1.82, 2.24) is 10.2 Å². The molecule has 108 valence electrons. The number of rotatable bonds is 4. The van der Waals surface area contributed by atoms with Gasteiger partial charge in [-0.05, 0) is 56.1 Å². The number of ketones is 1. The Morgan fingerprint density at radius 3 is 3.15 bits per heavy atom. The summed E-state index contributed by atoms with van der Waals surface area (Å²) in [5, 5.41) is 3.39. The van der Waals surface area contributed by atoms with Gasteiger partial charge in [-0.15, -0.1) is 0 Å². The van der Waals surface area contributed by atoms with Gasteiger partial charge >= 0.3 is 0 Å². The van der Waals surface area contributed by atoms with Crippen LogP contribution in [0.2, 0.25) is 0 Å². The molecule has 0 aliphatic carbocycles. The highest BCUT2D eigenvalue weighted by atomic mass is 16.1. The third-order valence-corrected chi connectivity index (χ3v) is 4.76. The van der Waals surface area contributed by atoms with Gasteiger partial charge in [0.05, 0.1) is 0 Å². The van der Waals surface area contributed by atoms with Crippen LogP contribution in [0.25, 0.3) is 0 Å². The van der Waals surface area contributed by atoms with Crippen molar-refractivity contribution in [2.45, 2.75) is 44.7 Å². The fourth-order valence-corrected chi connectivity index (χ4v) is 3.56. The van der Waals surface area contributed by atoms with Crippen molar-refractivity contribution < 1.29 is 4.79 Å². The monoisotopic (exact) mass is 272 g/mol. The van der Waals surface area contributed by atoms with Crippen molar-refractivity contribution in [3.05, 3.63) is 34.9 Å². The van der Waals surface area contributed by atoms with E-state index in [0.717, 1.165) is 32.5 Å². The van der Waals surface area contributed by atoms with Crippen molar-refractivity contribution in [2.75, 3.05) is 20.1 Å². The molecule has 0 spiro atoms. The molecule has 1 aromatic carbocycles. The highest BCUT2D eigenvalue weighted by Gasteiger charge is 2.24. The second-order valence-electron chi connectivity index (χ2n) is 6.18. The van der Waals surface area contributed by atoms with E-state index in [4.69, 9.17) is 0 Å². The van der Waals surface area contributed by atoms with Crippen LogP contribution in [0.3, 0.4) is 0 Å². The number of fused-ring (bicyclic) bond motifs is 1. The Morgan fingerprint density at radius 1 is 1.45 bits per heavy atom. The lowest BCUT2D eigenvalue weighted by atomic mass is 9.91. The lowest BCUT2D eigenvalue weighted by Gasteiger charge is -2.21. The zero-order valence-corrected chi connectivity index (χ0v) is 12.3. The topological polar surface area (TPSA) is 32.3 Å². The summed E-state index contributed by atoms with van der Waals surface area (Å²) >= 11 is 0. The van der Waals surface area contributed by atoms with Gasteiger partial charge in [-0.25, -0.2) is 0 Å². The average Bonchev–Trinajstić information content (AvgIpc) is 2.85. The van der Waals surface area contributed by atoms with E-state index < -0.39 is 0 Å². The van der Waals surface area contributed by atoms with Crippen LogP contribution < -0.4 is 5.32 Å². The van der Waals surface area contributed by atoms with Crippen molar-refractivity contribution in [3.63, 3.8) is 0 Å². The molecular weight excluding hydrogens is 248 g/mol. The van der Waals surface area contributed by atoms with Gasteiger partial charge in [-0.3, -0.25) is 4.79 Å². The van der Waals surface area contributed by atoms with Crippen molar-refractivity contribution in [3.8, 4) is 0 Å². The van der Waals surface area contributed by atoms with E-state index in [0.29, 0.717) is 18.2 Å². The molecule has 0 bridgehead atoms. The molecule has 3 heteroatoms. The van der Waals surface area contributed by atoms with Crippen LogP contribution in [-0.4, -0.2) is 36.9 Å². The van der Waals surface area contributed by atoms with Crippen molar-refractivity contribution in [2.24, 2.45) is 0 Å². The van der Waals surface area contributed by atoms with Crippen LogP contribution in [-0.2, 0) is 24.2 Å². The molecule has 1 fully saturated rings. The number of carbonyl (C=O) groups excluding carboxylic acids is 1. The second kappa shape index (κ2) is 6.06. The first-order valence-electron chi connectivity index (χ1n) is 7.76. The van der Waals surface area contributed by atoms with Crippen molar-refractivity contribution >= 4 is 5.78 Å². The standard InChI is InChI=1S/C17H24N2O/c1-19-9-3-6-15(19)11-16(20)10-13-4-2-5-14-12-18-8-7-17(13)14/h2,4-5,15,18H,3,6-12H2,1H3. The van der Waals surface area contributed by atoms with Crippen LogP contribution in [0.1, 0.15) is 36.0 Å². The minimum absolute atomic E-state index is 0.399. The Labute approximate surface area is 121 Å². The largest absolute Gasteiger partial charge is 0.312 e. The molecule has 1 saturated heterocycles. The molecule has 1 atom stereocenters. The van der Waals surface area contributed by atoms with Gasteiger partial charge in [-0.2, -0.15) is 0 Å². The minimum atomic E-state index is 0.399. The number of benzene rings is 1. The minimum Gasteiger partial charge on any atom is -0.312 e. The number of hydrogen-bond donors (Lipinski definition) is 1. The first-order chi connectivity index (χ1) is 9.74. The van der Waals surface area contributed by atoms with E-state index in [1.165, 1.54) is 29.5 Å². The van der Waals surface area contributed by atoms with Gasteiger partial charge in [0.25, 0.3) is 0 Å². The maximum absolute atomic E-state index is 12.4. The summed E-state index contributed by atoms with van der Waals surface area (Å²) in [4.78, 5) is 14.7. The molecule has 1 aromatic rings. The Morgan fingerprint density at radius 2 is 2.35 bits per heavy atom. The molecule has 2 aliphatic heterocycles. The fraction of sp³-hybridized carbons (Fsp3) is 0.588. The van der Waals surface area contributed by atoms with Gasteiger partial charge in [0, 0.05) is 25.4 Å². The number of Topliss-reactive ketones (excluding diaryl/α,β-unsaturated/α-hetero) is 1. The molecule has 0 radical (unpaired) electrons. The van der Waals surface area contributed by atoms with E-state index >= 15 is 0 Å². The summed E-state index contributed by atoms with van der Waals surface area (Å²) in [6.07, 6.45) is 4.81. The summed E-state index contributed by atoms with van der Waals surface area (Å²) in [6, 6.07) is 6.89. The Kier molecular flexibility index (Phi) is 4.18. The molecule has 20 heavy (non-hydrogen) atoms. The molecule has 2 aliphatic rings. The SMILES string of the molecule is CN1CCCC1CC(=O)Cc1cccc2c1CCNC2. The molecule has 0 saturated carbocycles. The smallest absolute Gasteiger partial charge is 0.138 e. The molecular formula is C17H24N2O. The second-order valence-corrected chi connectivity index (χ2v) is 6.18. The molecule has 3 rings (SSSR count). The summed E-state index contributed by atoms with van der Waals surface area (Å²) in [5.41, 5.74) is 4.05. The van der Waals surface area contributed by atoms with E-state index in [1.54, 1.807) is 0 Å². The summed E-state index contributed by atoms with van der Waals surface area (Å²) in [5.74, 6) is 0.399. The predicted octanol–water partition coefficient (Wildman–Crippen LogP) is 1.93. The number of hydrogen-bond acceptors (Lipinski definition) is 3. The third-order valence-electron chi connectivity index (χ3n) is 4.76. The fourth-order valence-electron chi connectivity index (χ4n) is 3.56. The summed E-state index contributed by atoms with van der Waals surface area (Å²) < 4.78 is 0. The normalized spacial score (nSPS) is 22.8. The van der Waals surface area contributed by atoms with Gasteiger partial charge in [0.2, 0.25) is 0 Å². The van der Waals surface area contributed by atoms with Crippen LogP contribution in [0.4, 0.5) is 0 Å². The van der Waals surface area contributed by atoms with E-state index in [9.17, 15) is 4.79 Å². The highest BCUT2D eigenvalue weighted by Crippen LogP contribution is 2.22. The van der Waals surface area contributed by atoms with Gasteiger partial charge in [0.15, 0.2) is 0 Å². The zero-order valence-electron chi connectivity index (χ0n) is 12.3. The summed E-state index contributed by atoms with van der Waals surface area (Å²) in [6.45, 7) is 3.12. The third kappa shape index (κ3) is 2.94. The zero-order chi connectivity index (χ0) is 13.9. The van der Waals surface area contributed by atoms with E-state index in [2.05, 4.69) is 35.5 Å². The van der Waals surface area contributed by atoms with Gasteiger partial charge < -0.3 is 10.2 Å². The Bertz CT molecular complexity index is 498. The lowest BCUT2D eigenvalue weighted by molar-refractivity contribution is -0.119. The molecule has 0 amide bonds. The maximum atomic E-state index is 12.4. The molecule has 1 N–H and O–H groups in total. The number of nitrogens with zero attached hydrogens (tertiary/aromatic N) is 1. The Hall–Kier alpha value is -1.19. The first kappa shape index (κ1) is 13.8. The average molecular weight is 272 g/mol. The first-order valence-corrected chi connectivity index (χ1v) is 7.76. The van der Waals surface area contributed by atoms with Crippen LogP contribution in [0, 0.1) is 0 Å². The van der Waals surface area contributed by atoms with Crippen LogP contribution in [0.5, 0.6) is 0 Å². The number of nitrogens with one attached hydrogen (secondary N) is 1. The molecule has 3 nitrogen and oxygen atoms in total.